The smallest absolute Gasteiger partial charge is 0.126 e. The Bertz CT molecular complexity index is 325. The molecule has 1 rings (SSSR count). The molecule has 1 nitrogen and oxygen atoms in total. The van der Waals surface area contributed by atoms with Gasteiger partial charge in [0, 0.05) is 6.04 Å². The maximum absolute atomic E-state index is 13.4. The highest BCUT2D eigenvalue weighted by Gasteiger charge is 2.14. The van der Waals surface area contributed by atoms with Crippen LogP contribution in [0, 0.1) is 11.6 Å². The predicted molar refractivity (Wildman–Crippen MR) is 57.9 cm³/mol. The normalized spacial score (nSPS) is 15.0. The molecule has 0 saturated heterocycles. The Morgan fingerprint density at radius 3 is 2.53 bits per heavy atom. The van der Waals surface area contributed by atoms with Crippen molar-refractivity contribution in [1.82, 2.24) is 5.32 Å². The summed E-state index contributed by atoms with van der Waals surface area (Å²) in [5.41, 5.74) is 0.456. The van der Waals surface area contributed by atoms with E-state index in [4.69, 9.17) is 0 Å². The first kappa shape index (κ1) is 12.1. The van der Waals surface area contributed by atoms with Gasteiger partial charge in [0.2, 0.25) is 0 Å². The summed E-state index contributed by atoms with van der Waals surface area (Å²) in [6.45, 7) is 3.93. The summed E-state index contributed by atoms with van der Waals surface area (Å²) in [7, 11) is 1.86. The van der Waals surface area contributed by atoms with Gasteiger partial charge in [-0.15, -0.1) is 0 Å². The van der Waals surface area contributed by atoms with Gasteiger partial charge in [0.05, 0.1) is 0 Å². The molecule has 2 unspecified atom stereocenters. The molecule has 0 amide bonds. The zero-order valence-electron chi connectivity index (χ0n) is 9.35. The minimum absolute atomic E-state index is 0.0168. The summed E-state index contributed by atoms with van der Waals surface area (Å²) in [5, 5.41) is 3.08. The van der Waals surface area contributed by atoms with E-state index in [0.717, 1.165) is 12.5 Å². The van der Waals surface area contributed by atoms with Crippen LogP contribution < -0.4 is 5.32 Å². The lowest BCUT2D eigenvalue weighted by Crippen LogP contribution is -2.23. The molecular weight excluding hydrogens is 196 g/mol. The second kappa shape index (κ2) is 5.21. The lowest BCUT2D eigenvalue weighted by molar-refractivity contribution is 0.493. The highest BCUT2D eigenvalue weighted by Crippen LogP contribution is 2.24. The number of rotatable bonds is 4. The molecule has 3 heteroatoms. The highest BCUT2D eigenvalue weighted by molar-refractivity contribution is 5.22. The first-order valence-electron chi connectivity index (χ1n) is 5.16. The van der Waals surface area contributed by atoms with E-state index in [-0.39, 0.29) is 17.6 Å². The summed E-state index contributed by atoms with van der Waals surface area (Å²) in [6, 6.07) is 3.91. The van der Waals surface area contributed by atoms with Crippen molar-refractivity contribution in [1.29, 1.82) is 0 Å². The van der Waals surface area contributed by atoms with E-state index in [1.165, 1.54) is 12.1 Å². The molecule has 1 N–H and O–H groups in total. The van der Waals surface area contributed by atoms with Crippen LogP contribution in [0.15, 0.2) is 18.2 Å². The largest absolute Gasteiger partial charge is 0.317 e. The number of nitrogens with one attached hydrogen (secondary N) is 1. The van der Waals surface area contributed by atoms with Crippen molar-refractivity contribution in [2.45, 2.75) is 32.2 Å². The van der Waals surface area contributed by atoms with Crippen LogP contribution in [0.5, 0.6) is 0 Å². The first-order chi connectivity index (χ1) is 7.04. The van der Waals surface area contributed by atoms with Crippen LogP contribution in [-0.2, 0) is 0 Å². The number of benzene rings is 1. The minimum atomic E-state index is -0.379. The average Bonchev–Trinajstić information content (AvgIpc) is 2.21. The maximum Gasteiger partial charge on any atom is 0.126 e. The van der Waals surface area contributed by atoms with Gasteiger partial charge in [-0.1, -0.05) is 6.92 Å². The molecular formula is C12H17F2N. The highest BCUT2D eigenvalue weighted by atomic mass is 19.1. The molecule has 1 aromatic carbocycles. The van der Waals surface area contributed by atoms with Gasteiger partial charge in [-0.2, -0.15) is 0 Å². The van der Waals surface area contributed by atoms with E-state index in [0.29, 0.717) is 11.6 Å². The number of halogens is 2. The first-order valence-corrected chi connectivity index (χ1v) is 5.16. The molecule has 0 saturated carbocycles. The maximum atomic E-state index is 13.4. The standard InChI is InChI=1S/C12H17F2N/c1-8(6-9(2)15-3)11-7-10(13)4-5-12(11)14/h4-5,7-9,15H,6H2,1-3H3. The summed E-state index contributed by atoms with van der Waals surface area (Å²) in [4.78, 5) is 0. The van der Waals surface area contributed by atoms with E-state index in [9.17, 15) is 8.78 Å². The van der Waals surface area contributed by atoms with Gasteiger partial charge in [-0.05, 0) is 50.1 Å². The Morgan fingerprint density at radius 1 is 1.27 bits per heavy atom. The number of hydrogen-bond donors (Lipinski definition) is 1. The Balaban J connectivity index is 2.80. The van der Waals surface area contributed by atoms with Crippen LogP contribution in [0.25, 0.3) is 0 Å². The second-order valence-electron chi connectivity index (χ2n) is 3.99. The fourth-order valence-electron chi connectivity index (χ4n) is 1.67. The zero-order valence-corrected chi connectivity index (χ0v) is 9.35. The molecule has 0 radical (unpaired) electrons. The summed E-state index contributed by atoms with van der Waals surface area (Å²) < 4.78 is 26.3. The van der Waals surface area contributed by atoms with Crippen molar-refractivity contribution in [3.05, 3.63) is 35.4 Å². The van der Waals surface area contributed by atoms with Crippen molar-refractivity contribution in [2.75, 3.05) is 7.05 Å². The van der Waals surface area contributed by atoms with Gasteiger partial charge in [0.15, 0.2) is 0 Å². The Hall–Kier alpha value is -0.960. The van der Waals surface area contributed by atoms with Gasteiger partial charge in [0.25, 0.3) is 0 Å². The summed E-state index contributed by atoms with van der Waals surface area (Å²) in [6.07, 6.45) is 0.789. The topological polar surface area (TPSA) is 12.0 Å². The van der Waals surface area contributed by atoms with Gasteiger partial charge < -0.3 is 5.32 Å². The third-order valence-corrected chi connectivity index (χ3v) is 2.69. The van der Waals surface area contributed by atoms with Crippen LogP contribution in [0.4, 0.5) is 8.78 Å². The predicted octanol–water partition coefficient (Wildman–Crippen LogP) is 3.07. The van der Waals surface area contributed by atoms with Crippen molar-refractivity contribution < 1.29 is 8.78 Å². The monoisotopic (exact) mass is 213 g/mol. The third kappa shape index (κ3) is 3.27. The van der Waals surface area contributed by atoms with Crippen LogP contribution in [0.1, 0.15) is 31.7 Å². The Labute approximate surface area is 89.5 Å². The van der Waals surface area contributed by atoms with Crippen LogP contribution in [-0.4, -0.2) is 13.1 Å². The van der Waals surface area contributed by atoms with Gasteiger partial charge >= 0.3 is 0 Å². The molecule has 0 fully saturated rings. The van der Waals surface area contributed by atoms with E-state index in [1.807, 2.05) is 20.9 Å². The SMILES string of the molecule is CNC(C)CC(C)c1cc(F)ccc1F. The third-order valence-electron chi connectivity index (χ3n) is 2.69. The van der Waals surface area contributed by atoms with Crippen LogP contribution in [0.3, 0.4) is 0 Å². The second-order valence-corrected chi connectivity index (χ2v) is 3.99. The molecule has 0 aliphatic carbocycles. The molecule has 1 aromatic rings. The molecule has 0 heterocycles. The van der Waals surface area contributed by atoms with Crippen molar-refractivity contribution >= 4 is 0 Å². The molecule has 0 bridgehead atoms. The fourth-order valence-corrected chi connectivity index (χ4v) is 1.67. The molecule has 0 aliphatic rings. The van der Waals surface area contributed by atoms with E-state index in [2.05, 4.69) is 5.32 Å². The molecule has 84 valence electrons. The van der Waals surface area contributed by atoms with Crippen LogP contribution >= 0.6 is 0 Å². The Morgan fingerprint density at radius 2 is 1.93 bits per heavy atom. The lowest BCUT2D eigenvalue weighted by Gasteiger charge is -2.17. The van der Waals surface area contributed by atoms with Crippen molar-refractivity contribution in [3.63, 3.8) is 0 Å². The van der Waals surface area contributed by atoms with Gasteiger partial charge in [-0.3, -0.25) is 0 Å². The van der Waals surface area contributed by atoms with E-state index < -0.39 is 0 Å². The summed E-state index contributed by atoms with van der Waals surface area (Å²) in [5.74, 6) is -0.689. The molecule has 2 atom stereocenters. The fraction of sp³-hybridized carbons (Fsp3) is 0.500. The molecule has 0 aliphatic heterocycles. The van der Waals surface area contributed by atoms with E-state index >= 15 is 0 Å². The van der Waals surface area contributed by atoms with Crippen molar-refractivity contribution in [2.24, 2.45) is 0 Å². The molecule has 15 heavy (non-hydrogen) atoms. The Kier molecular flexibility index (Phi) is 4.21. The number of hydrogen-bond acceptors (Lipinski definition) is 1. The molecule has 0 aromatic heterocycles. The van der Waals surface area contributed by atoms with E-state index in [1.54, 1.807) is 0 Å². The summed E-state index contributed by atoms with van der Waals surface area (Å²) >= 11 is 0. The van der Waals surface area contributed by atoms with Gasteiger partial charge in [0.1, 0.15) is 11.6 Å². The average molecular weight is 213 g/mol. The molecule has 0 spiro atoms. The minimum Gasteiger partial charge on any atom is -0.317 e. The van der Waals surface area contributed by atoms with Crippen molar-refractivity contribution in [3.8, 4) is 0 Å². The zero-order chi connectivity index (χ0) is 11.4. The van der Waals surface area contributed by atoms with Gasteiger partial charge in [-0.25, -0.2) is 8.78 Å². The van der Waals surface area contributed by atoms with Crippen LogP contribution in [0.2, 0.25) is 0 Å². The lowest BCUT2D eigenvalue weighted by atomic mass is 9.94. The quantitative estimate of drug-likeness (QED) is 0.810.